The van der Waals surface area contributed by atoms with Crippen molar-refractivity contribution >= 4 is 0 Å². The molecule has 6 heteroatoms. The Morgan fingerprint density at radius 1 is 1.04 bits per heavy atom. The maximum Gasteiger partial charge on any atom is 0.230 e. The first-order chi connectivity index (χ1) is 12.3. The lowest BCUT2D eigenvalue weighted by Gasteiger charge is -2.30. The van der Waals surface area contributed by atoms with Crippen LogP contribution in [0.2, 0.25) is 0 Å². The van der Waals surface area contributed by atoms with Gasteiger partial charge in [0.25, 0.3) is 0 Å². The number of piperidine rings is 1. The van der Waals surface area contributed by atoms with E-state index in [1.165, 1.54) is 12.1 Å². The topological polar surface area (TPSA) is 55.1 Å². The number of hydrogen-bond acceptors (Lipinski definition) is 5. The number of rotatable bonds is 4. The molecule has 3 heterocycles. The lowest BCUT2D eigenvalue weighted by atomic mass is 9.96. The van der Waals surface area contributed by atoms with Crippen LogP contribution in [0, 0.1) is 5.82 Å². The molecular formula is C19H19FN4O. The van der Waals surface area contributed by atoms with Gasteiger partial charge in [0.1, 0.15) is 5.82 Å². The summed E-state index contributed by atoms with van der Waals surface area (Å²) in [6, 6.07) is 10.5. The number of aromatic nitrogens is 3. The minimum Gasteiger partial charge on any atom is -0.339 e. The fourth-order valence-electron chi connectivity index (χ4n) is 3.21. The summed E-state index contributed by atoms with van der Waals surface area (Å²) >= 11 is 0. The van der Waals surface area contributed by atoms with Crippen molar-refractivity contribution in [2.45, 2.75) is 25.3 Å². The van der Waals surface area contributed by atoms with Gasteiger partial charge in [-0.3, -0.25) is 9.88 Å². The Bertz CT molecular complexity index is 811. The second kappa shape index (κ2) is 7.11. The maximum absolute atomic E-state index is 13.0. The summed E-state index contributed by atoms with van der Waals surface area (Å²) in [6.45, 7) is 2.78. The van der Waals surface area contributed by atoms with Crippen molar-refractivity contribution in [2.24, 2.45) is 0 Å². The second-order valence-corrected chi connectivity index (χ2v) is 6.37. The van der Waals surface area contributed by atoms with E-state index < -0.39 is 0 Å². The number of nitrogens with zero attached hydrogens (tertiary/aromatic N) is 4. The Kier molecular flexibility index (Phi) is 4.52. The highest BCUT2D eigenvalue weighted by atomic mass is 19.1. The monoisotopic (exact) mass is 338 g/mol. The first-order valence-corrected chi connectivity index (χ1v) is 8.49. The number of pyridine rings is 1. The van der Waals surface area contributed by atoms with Gasteiger partial charge in [-0.1, -0.05) is 17.3 Å². The van der Waals surface area contributed by atoms with Gasteiger partial charge in [0.15, 0.2) is 0 Å². The highest BCUT2D eigenvalue weighted by Crippen LogP contribution is 2.29. The van der Waals surface area contributed by atoms with E-state index in [1.807, 2.05) is 24.3 Å². The van der Waals surface area contributed by atoms with Gasteiger partial charge in [-0.05, 0) is 55.8 Å². The van der Waals surface area contributed by atoms with Gasteiger partial charge >= 0.3 is 0 Å². The fourth-order valence-corrected chi connectivity index (χ4v) is 3.21. The third-order valence-electron chi connectivity index (χ3n) is 4.64. The van der Waals surface area contributed by atoms with E-state index >= 15 is 0 Å². The first kappa shape index (κ1) is 15.9. The van der Waals surface area contributed by atoms with Crippen LogP contribution in [0.3, 0.4) is 0 Å². The minimum atomic E-state index is -0.191. The van der Waals surface area contributed by atoms with Gasteiger partial charge in [-0.25, -0.2) is 4.39 Å². The zero-order valence-corrected chi connectivity index (χ0v) is 13.8. The number of hydrogen-bond donors (Lipinski definition) is 0. The summed E-state index contributed by atoms with van der Waals surface area (Å²) in [5.74, 6) is 1.44. The van der Waals surface area contributed by atoms with Gasteiger partial charge in [-0.2, -0.15) is 4.98 Å². The van der Waals surface area contributed by atoms with Crippen LogP contribution >= 0.6 is 0 Å². The Labute approximate surface area is 145 Å². The molecule has 0 saturated carbocycles. The van der Waals surface area contributed by atoms with E-state index in [2.05, 4.69) is 20.0 Å². The quantitative estimate of drug-likeness (QED) is 0.727. The van der Waals surface area contributed by atoms with Crippen LogP contribution in [-0.4, -0.2) is 33.1 Å². The lowest BCUT2D eigenvalue weighted by molar-refractivity contribution is 0.187. The van der Waals surface area contributed by atoms with Crippen LogP contribution in [0.4, 0.5) is 4.39 Å². The molecule has 1 saturated heterocycles. The third kappa shape index (κ3) is 3.74. The zero-order valence-electron chi connectivity index (χ0n) is 13.8. The van der Waals surface area contributed by atoms with Gasteiger partial charge in [0.05, 0.1) is 0 Å². The van der Waals surface area contributed by atoms with Crippen LogP contribution in [0.15, 0.2) is 53.3 Å². The summed E-state index contributed by atoms with van der Waals surface area (Å²) in [6.07, 6.45) is 5.41. The Hall–Kier alpha value is -2.60. The van der Waals surface area contributed by atoms with E-state index in [9.17, 15) is 4.39 Å². The minimum absolute atomic E-state index is 0.191. The fraction of sp³-hybridized carbons (Fsp3) is 0.316. The lowest BCUT2D eigenvalue weighted by Crippen LogP contribution is -2.32. The highest BCUT2D eigenvalue weighted by Gasteiger charge is 2.25. The summed E-state index contributed by atoms with van der Waals surface area (Å²) in [5, 5.41) is 4.09. The molecule has 0 radical (unpaired) electrons. The largest absolute Gasteiger partial charge is 0.339 e. The van der Waals surface area contributed by atoms with Crippen molar-refractivity contribution in [2.75, 3.05) is 13.1 Å². The Morgan fingerprint density at radius 3 is 2.48 bits per heavy atom. The smallest absolute Gasteiger partial charge is 0.230 e. The summed E-state index contributed by atoms with van der Waals surface area (Å²) in [7, 11) is 0. The zero-order chi connectivity index (χ0) is 17.1. The van der Waals surface area contributed by atoms with Gasteiger partial charge in [0, 0.05) is 30.4 Å². The van der Waals surface area contributed by atoms with Crippen molar-refractivity contribution < 1.29 is 8.91 Å². The molecule has 1 aromatic carbocycles. The molecule has 0 atom stereocenters. The van der Waals surface area contributed by atoms with Crippen LogP contribution in [-0.2, 0) is 6.54 Å². The van der Waals surface area contributed by atoms with E-state index in [0.29, 0.717) is 17.6 Å². The van der Waals surface area contributed by atoms with Gasteiger partial charge < -0.3 is 4.52 Å². The van der Waals surface area contributed by atoms with Crippen molar-refractivity contribution in [3.05, 3.63) is 66.1 Å². The Balaban J connectivity index is 1.36. The van der Waals surface area contributed by atoms with Crippen LogP contribution < -0.4 is 0 Å². The molecule has 0 bridgehead atoms. The average molecular weight is 338 g/mol. The number of likely N-dealkylation sites (tertiary alicyclic amines) is 1. The van der Waals surface area contributed by atoms with E-state index in [0.717, 1.165) is 43.6 Å². The van der Waals surface area contributed by atoms with Crippen LogP contribution in [0.1, 0.15) is 30.2 Å². The molecule has 0 spiro atoms. The van der Waals surface area contributed by atoms with E-state index in [4.69, 9.17) is 4.52 Å². The molecule has 3 aromatic rings. The van der Waals surface area contributed by atoms with Crippen molar-refractivity contribution in [1.29, 1.82) is 0 Å². The number of benzene rings is 1. The Morgan fingerprint density at radius 2 is 1.76 bits per heavy atom. The molecule has 1 aliphatic rings. The summed E-state index contributed by atoms with van der Waals surface area (Å²) in [5.41, 5.74) is 2.05. The molecule has 4 rings (SSSR count). The predicted molar refractivity (Wildman–Crippen MR) is 91.2 cm³/mol. The van der Waals surface area contributed by atoms with Crippen LogP contribution in [0.25, 0.3) is 11.4 Å². The second-order valence-electron chi connectivity index (χ2n) is 6.37. The molecular weight excluding hydrogens is 319 g/mol. The van der Waals surface area contributed by atoms with Crippen LogP contribution in [0.5, 0.6) is 0 Å². The highest BCUT2D eigenvalue weighted by molar-refractivity contribution is 5.52. The average Bonchev–Trinajstić information content (AvgIpc) is 3.15. The molecule has 0 aliphatic carbocycles. The molecule has 2 aromatic heterocycles. The summed E-state index contributed by atoms with van der Waals surface area (Å²) < 4.78 is 18.5. The molecule has 1 aliphatic heterocycles. The van der Waals surface area contributed by atoms with Crippen molar-refractivity contribution in [3.8, 4) is 11.4 Å². The molecule has 0 N–H and O–H groups in total. The predicted octanol–water partition coefficient (Wildman–Crippen LogP) is 3.65. The van der Waals surface area contributed by atoms with Gasteiger partial charge in [0.2, 0.25) is 11.7 Å². The first-order valence-electron chi connectivity index (χ1n) is 8.49. The number of halogens is 1. The molecule has 0 amide bonds. The third-order valence-corrected chi connectivity index (χ3v) is 4.64. The molecule has 128 valence electrons. The van der Waals surface area contributed by atoms with E-state index in [1.54, 1.807) is 12.4 Å². The SMILES string of the molecule is Fc1ccc(CN2CCC(c3nc(-c4ccncc4)no3)CC2)cc1. The van der Waals surface area contributed by atoms with Crippen molar-refractivity contribution in [3.63, 3.8) is 0 Å². The van der Waals surface area contributed by atoms with E-state index in [-0.39, 0.29) is 5.82 Å². The normalized spacial score (nSPS) is 16.2. The molecule has 1 fully saturated rings. The molecule has 0 unspecified atom stereocenters. The van der Waals surface area contributed by atoms with Crippen molar-refractivity contribution in [1.82, 2.24) is 20.0 Å². The maximum atomic E-state index is 13.0. The molecule has 5 nitrogen and oxygen atoms in total. The standard InChI is InChI=1S/C19H19FN4O/c20-17-3-1-14(2-4-17)13-24-11-7-16(8-12-24)19-22-18(23-25-19)15-5-9-21-10-6-15/h1-6,9-10,16H,7-8,11-13H2. The molecule has 25 heavy (non-hydrogen) atoms. The summed E-state index contributed by atoms with van der Waals surface area (Å²) in [4.78, 5) is 10.9. The van der Waals surface area contributed by atoms with Gasteiger partial charge in [-0.15, -0.1) is 0 Å².